The molecule has 0 spiro atoms. The molecule has 5 heteroatoms. The van der Waals surface area contributed by atoms with E-state index in [9.17, 15) is 0 Å². The first-order chi connectivity index (χ1) is 0. The Morgan fingerprint density at radius 3 is 0.600 bits per heavy atom. The molecule has 0 atom stereocenters. The van der Waals surface area contributed by atoms with Crippen molar-refractivity contribution in [1.29, 1.82) is 0 Å². The quantitative estimate of drug-likeness (QED) is 0.255. The minimum Gasteiger partial charge on any atom is 1.00 e. The molecule has 0 aliphatic rings. The van der Waals surface area contributed by atoms with E-state index in [0.29, 0.717) is 0 Å². The third-order valence-corrected chi connectivity index (χ3v) is 0. The van der Waals surface area contributed by atoms with Crippen molar-refractivity contribution in [3.63, 3.8) is 0 Å². The van der Waals surface area contributed by atoms with Gasteiger partial charge < -0.3 is 0 Å². The van der Waals surface area contributed by atoms with E-state index in [2.05, 4.69) is 0 Å². The molecule has 0 amide bonds. The van der Waals surface area contributed by atoms with E-state index in [0.717, 1.165) is 0 Å². The molecule has 18 valence electrons. The zero-order valence-corrected chi connectivity index (χ0v) is 2.00. The minimum atomic E-state index is 0. The molecule has 0 aliphatic heterocycles. The van der Waals surface area contributed by atoms with Crippen LogP contribution in [0.5, 0.6) is 0 Å². The summed E-state index contributed by atoms with van der Waals surface area (Å²) in [6, 6.07) is 0. The van der Waals surface area contributed by atoms with Crippen LogP contribution in [0, 0.1) is 0 Å². The van der Waals surface area contributed by atoms with Crippen LogP contribution < -0.4 is 37.7 Å². The van der Waals surface area contributed by atoms with Crippen molar-refractivity contribution >= 4 is 68.2 Å². The van der Waals surface area contributed by atoms with E-state index in [1.807, 2.05) is 0 Å². The monoisotopic (exact) mass is 84.1 g/mol. The zero-order chi connectivity index (χ0) is 0. The van der Waals surface area contributed by atoms with Gasteiger partial charge in [-0.3, -0.25) is 0 Å². The third-order valence-electron chi connectivity index (χ3n) is 0. The maximum absolute atomic E-state index is 0. The molecule has 0 fully saturated rings. The van der Waals surface area contributed by atoms with E-state index in [-0.39, 0.29) is 106 Å². The van der Waals surface area contributed by atoms with Crippen LogP contribution >= 0.6 is 0 Å². The molecule has 0 N–H and O–H groups in total. The Kier molecular flexibility index (Phi) is 248. The third kappa shape index (κ3) is 19.5. The van der Waals surface area contributed by atoms with Gasteiger partial charge in [-0.05, 0) is 0 Å². The maximum Gasteiger partial charge on any atom is 1.00 e. The molecular formula is H9B2KLi2. The van der Waals surface area contributed by atoms with Gasteiger partial charge in [-0.2, -0.15) is 0 Å². The summed E-state index contributed by atoms with van der Waals surface area (Å²) in [6.07, 6.45) is 0. The molecule has 0 unspecified atom stereocenters. The average Bonchev–Trinajstić information content (AvgIpc) is 0. The topological polar surface area (TPSA) is 0 Å². The molecule has 0 saturated heterocycles. The maximum atomic E-state index is 0. The van der Waals surface area contributed by atoms with E-state index in [1.165, 1.54) is 0 Å². The van der Waals surface area contributed by atoms with E-state index in [1.54, 1.807) is 0 Å². The Morgan fingerprint density at radius 1 is 0.600 bits per heavy atom. The predicted octanol–water partition coefficient (Wildman–Crippen LogP) is -9.54. The van der Waals surface area contributed by atoms with Gasteiger partial charge in [0.1, 0.15) is 0 Å². The Bertz CT molecular complexity index is 7.61. The molecule has 0 aliphatic carbocycles. The first-order valence-electron chi connectivity index (χ1n) is 0. The van der Waals surface area contributed by atoms with Gasteiger partial charge in [-0.25, -0.2) is 0 Å². The number of hydrogen-bond acceptors (Lipinski definition) is 0. The van der Waals surface area contributed by atoms with Crippen LogP contribution in [0.15, 0.2) is 0 Å². The predicted molar refractivity (Wildman–Crippen MR) is 29.8 cm³/mol. The Hall–Kier alpha value is 2.96. The first-order valence-corrected chi connectivity index (χ1v) is 0. The van der Waals surface area contributed by atoms with Crippen molar-refractivity contribution in [3.05, 3.63) is 0 Å². The summed E-state index contributed by atoms with van der Waals surface area (Å²) >= 11 is 0. The van der Waals surface area contributed by atoms with Gasteiger partial charge in [0.15, 0.2) is 0 Å². The molecule has 0 aromatic rings. The van der Waals surface area contributed by atoms with Gasteiger partial charge in [0.2, 0.25) is 0 Å². The molecule has 0 nitrogen and oxygen atoms in total. The van der Waals surface area contributed by atoms with Crippen LogP contribution in [0.3, 0.4) is 0 Å². The summed E-state index contributed by atoms with van der Waals surface area (Å²) < 4.78 is 0. The second kappa shape index (κ2) is 28.2. The molecular weight excluding hydrogens is 74.6 g/mol. The first kappa shape index (κ1) is 44.0. The zero-order valence-electron chi connectivity index (χ0n) is 2.00. The van der Waals surface area contributed by atoms with Crippen molar-refractivity contribution in [2.45, 2.75) is 0 Å². The van der Waals surface area contributed by atoms with Gasteiger partial charge in [-0.15, -0.1) is 0 Å². The van der Waals surface area contributed by atoms with Gasteiger partial charge in [0.25, 0.3) is 0 Å². The summed E-state index contributed by atoms with van der Waals surface area (Å²) in [6.45, 7) is 0. The summed E-state index contributed by atoms with van der Waals surface area (Å²) in [4.78, 5) is 0. The molecule has 0 saturated carbocycles. The van der Waals surface area contributed by atoms with Crippen LogP contribution in [-0.2, 0) is 0 Å². The largest absolute Gasteiger partial charge is 1.00 e. The molecule has 0 rings (SSSR count). The van der Waals surface area contributed by atoms with Gasteiger partial charge in [-0.1, -0.05) is 16.8 Å². The molecule has 0 bridgehead atoms. The Balaban J connectivity index is 0. The molecule has 0 aromatic carbocycles. The second-order valence-corrected chi connectivity index (χ2v) is 0. The summed E-state index contributed by atoms with van der Waals surface area (Å²) in [5, 5.41) is 0. The molecule has 5 heavy (non-hydrogen) atoms. The smallest absolute Gasteiger partial charge is 1.00 e. The standard InChI is InChI=1S/2BH4.K.2Li.H/h2*1H4;;;;/q2*-1;;2*+1;. The van der Waals surface area contributed by atoms with Crippen molar-refractivity contribution in [2.24, 2.45) is 0 Å². The van der Waals surface area contributed by atoms with Crippen molar-refractivity contribution in [3.8, 4) is 0 Å². The van der Waals surface area contributed by atoms with E-state index < -0.39 is 0 Å². The Morgan fingerprint density at radius 2 is 0.600 bits per heavy atom. The summed E-state index contributed by atoms with van der Waals surface area (Å²) in [7, 11) is 0. The fourth-order valence-corrected chi connectivity index (χ4v) is 0. The van der Waals surface area contributed by atoms with E-state index >= 15 is 0 Å². The minimum absolute atomic E-state index is 0. The van der Waals surface area contributed by atoms with Crippen molar-refractivity contribution in [1.82, 2.24) is 0 Å². The van der Waals surface area contributed by atoms with Gasteiger partial charge >= 0.3 is 89.1 Å². The van der Waals surface area contributed by atoms with Crippen LogP contribution in [0.25, 0.3) is 0 Å². The van der Waals surface area contributed by atoms with Crippen molar-refractivity contribution in [2.75, 3.05) is 0 Å². The fraction of sp³-hybridized carbons (Fsp3) is 0. The average molecular weight is 83.7 g/mol. The van der Waals surface area contributed by atoms with Gasteiger partial charge in [0, 0.05) is 0 Å². The van der Waals surface area contributed by atoms with Gasteiger partial charge in [0.05, 0.1) is 0 Å². The normalized spacial score (nSPS) is 0. The van der Waals surface area contributed by atoms with Crippen molar-refractivity contribution < 1.29 is 37.7 Å². The second-order valence-electron chi connectivity index (χ2n) is 0. The fourth-order valence-electron chi connectivity index (χ4n) is 0. The molecule has 0 radical (unpaired) electrons. The van der Waals surface area contributed by atoms with Crippen LogP contribution in [0.2, 0.25) is 0 Å². The Labute approximate surface area is 104 Å². The number of hydrogen-bond donors (Lipinski definition) is 0. The summed E-state index contributed by atoms with van der Waals surface area (Å²) in [5.74, 6) is 0. The molecule has 0 heterocycles. The summed E-state index contributed by atoms with van der Waals surface area (Å²) in [5.41, 5.74) is 0. The van der Waals surface area contributed by atoms with Crippen LogP contribution in [0.4, 0.5) is 0 Å². The molecule has 0 aromatic heterocycles. The van der Waals surface area contributed by atoms with E-state index in [4.69, 9.17) is 0 Å². The SMILES string of the molecule is [BH4-].[BH4-].[KH].[Li+].[Li+]. The van der Waals surface area contributed by atoms with Crippen LogP contribution in [-0.4, -0.2) is 68.2 Å². The number of rotatable bonds is 0. The van der Waals surface area contributed by atoms with Crippen LogP contribution in [0.1, 0.15) is 0 Å².